The van der Waals surface area contributed by atoms with Crippen molar-refractivity contribution in [3.63, 3.8) is 0 Å². The number of halogens is 3. The van der Waals surface area contributed by atoms with Crippen LogP contribution in [0.25, 0.3) is 0 Å². The first-order chi connectivity index (χ1) is 11.8. The predicted molar refractivity (Wildman–Crippen MR) is 85.9 cm³/mol. The Kier molecular flexibility index (Phi) is 6.13. The van der Waals surface area contributed by atoms with Crippen molar-refractivity contribution in [1.29, 1.82) is 0 Å². The van der Waals surface area contributed by atoms with Crippen molar-refractivity contribution in [2.75, 3.05) is 6.54 Å². The first-order valence-electron chi connectivity index (χ1n) is 7.37. The van der Waals surface area contributed by atoms with Crippen LogP contribution in [-0.2, 0) is 12.8 Å². The molecule has 2 aromatic rings. The number of carboxylic acids is 1. The molecule has 9 heteroatoms. The maximum absolute atomic E-state index is 12.4. The Morgan fingerprint density at radius 2 is 1.92 bits per heavy atom. The van der Waals surface area contributed by atoms with Crippen LogP contribution in [0.3, 0.4) is 0 Å². The largest absolute Gasteiger partial charge is 0.476 e. The van der Waals surface area contributed by atoms with E-state index in [0.717, 1.165) is 0 Å². The van der Waals surface area contributed by atoms with Gasteiger partial charge in [0.1, 0.15) is 0 Å². The Morgan fingerprint density at radius 1 is 1.20 bits per heavy atom. The molecule has 5 nitrogen and oxygen atoms in total. The third-order valence-corrected chi connectivity index (χ3v) is 4.24. The lowest BCUT2D eigenvalue weighted by Crippen LogP contribution is -2.27. The number of nitrogens with zero attached hydrogens (tertiary/aromatic N) is 1. The number of nitrogens with one attached hydrogen (secondary N) is 1. The molecule has 0 aliphatic carbocycles. The summed E-state index contributed by atoms with van der Waals surface area (Å²) < 4.78 is 37.1. The van der Waals surface area contributed by atoms with Gasteiger partial charge in [0.15, 0.2) is 5.69 Å². The second kappa shape index (κ2) is 8.11. The maximum Gasteiger partial charge on any atom is 0.389 e. The van der Waals surface area contributed by atoms with E-state index in [9.17, 15) is 22.8 Å². The van der Waals surface area contributed by atoms with Crippen LogP contribution in [0.4, 0.5) is 13.2 Å². The predicted octanol–water partition coefficient (Wildman–Crippen LogP) is 3.31. The fraction of sp³-hybridized carbons (Fsp3) is 0.312. The average molecular weight is 372 g/mol. The molecule has 1 heterocycles. The summed E-state index contributed by atoms with van der Waals surface area (Å²) in [7, 11) is 0. The lowest BCUT2D eigenvalue weighted by Gasteiger charge is -2.11. The van der Waals surface area contributed by atoms with Gasteiger partial charge in [-0.1, -0.05) is 18.2 Å². The van der Waals surface area contributed by atoms with Crippen molar-refractivity contribution in [2.45, 2.75) is 25.4 Å². The minimum Gasteiger partial charge on any atom is -0.476 e. The molecule has 0 radical (unpaired) electrons. The number of hydrogen-bond donors (Lipinski definition) is 2. The number of amides is 1. The van der Waals surface area contributed by atoms with E-state index < -0.39 is 24.5 Å². The average Bonchev–Trinajstić information content (AvgIpc) is 3.01. The zero-order chi connectivity index (χ0) is 18.4. The van der Waals surface area contributed by atoms with E-state index in [2.05, 4.69) is 10.3 Å². The molecule has 0 aliphatic rings. The molecule has 0 saturated carbocycles. The topological polar surface area (TPSA) is 79.3 Å². The van der Waals surface area contributed by atoms with Crippen LogP contribution in [0.2, 0.25) is 0 Å². The van der Waals surface area contributed by atoms with Crippen LogP contribution in [0.15, 0.2) is 29.6 Å². The van der Waals surface area contributed by atoms with Crippen molar-refractivity contribution in [2.24, 2.45) is 0 Å². The van der Waals surface area contributed by atoms with Gasteiger partial charge in [0.05, 0.1) is 5.01 Å². The molecule has 1 aromatic heterocycles. The van der Waals surface area contributed by atoms with Gasteiger partial charge in [0.2, 0.25) is 0 Å². The van der Waals surface area contributed by atoms with Gasteiger partial charge in [-0.25, -0.2) is 9.78 Å². The van der Waals surface area contributed by atoms with Gasteiger partial charge in [-0.05, 0) is 18.1 Å². The first-order valence-corrected chi connectivity index (χ1v) is 8.25. The van der Waals surface area contributed by atoms with Gasteiger partial charge >= 0.3 is 12.1 Å². The quantitative estimate of drug-likeness (QED) is 0.782. The van der Waals surface area contributed by atoms with Gasteiger partial charge in [0, 0.05) is 30.3 Å². The van der Waals surface area contributed by atoms with Crippen molar-refractivity contribution < 1.29 is 27.9 Å². The third-order valence-electron chi connectivity index (χ3n) is 3.34. The Bertz CT molecular complexity index is 759. The van der Waals surface area contributed by atoms with Gasteiger partial charge in [-0.3, -0.25) is 4.79 Å². The van der Waals surface area contributed by atoms with Gasteiger partial charge in [0.25, 0.3) is 5.91 Å². The number of aromatic nitrogens is 1. The molecule has 0 saturated heterocycles. The molecular weight excluding hydrogens is 357 g/mol. The first kappa shape index (κ1) is 18.9. The van der Waals surface area contributed by atoms with Crippen molar-refractivity contribution >= 4 is 23.2 Å². The van der Waals surface area contributed by atoms with Crippen molar-refractivity contribution in [3.05, 3.63) is 51.5 Å². The van der Waals surface area contributed by atoms with Crippen LogP contribution in [0.5, 0.6) is 0 Å². The lowest BCUT2D eigenvalue weighted by molar-refractivity contribution is -0.134. The normalized spacial score (nSPS) is 11.3. The van der Waals surface area contributed by atoms with E-state index in [0.29, 0.717) is 17.0 Å². The fourth-order valence-corrected chi connectivity index (χ4v) is 2.91. The molecule has 1 aromatic carbocycles. The highest BCUT2D eigenvalue weighted by molar-refractivity contribution is 7.09. The Hall–Kier alpha value is -2.42. The van der Waals surface area contributed by atoms with Crippen LogP contribution in [0.1, 0.15) is 37.8 Å². The second-order valence-corrected chi connectivity index (χ2v) is 6.15. The van der Waals surface area contributed by atoms with Crippen LogP contribution < -0.4 is 5.32 Å². The number of hydrogen-bond acceptors (Lipinski definition) is 4. The van der Waals surface area contributed by atoms with E-state index in [-0.39, 0.29) is 24.2 Å². The summed E-state index contributed by atoms with van der Waals surface area (Å²) in [4.78, 5) is 26.8. The van der Waals surface area contributed by atoms with Crippen LogP contribution >= 0.6 is 11.3 Å². The summed E-state index contributed by atoms with van der Waals surface area (Å²) in [5, 5.41) is 13.4. The highest BCUT2D eigenvalue weighted by Gasteiger charge is 2.27. The number of carboxylic acid groups (broad SMARTS) is 1. The van der Waals surface area contributed by atoms with Crippen molar-refractivity contribution in [1.82, 2.24) is 10.3 Å². The zero-order valence-electron chi connectivity index (χ0n) is 13.0. The number of benzene rings is 1. The highest BCUT2D eigenvalue weighted by Crippen LogP contribution is 2.23. The SMILES string of the molecule is O=C(O)c1csc(CCNC(=O)c2ccccc2CCC(F)(F)F)n1. The molecule has 134 valence electrons. The van der Waals surface area contributed by atoms with E-state index in [1.54, 1.807) is 12.1 Å². The lowest BCUT2D eigenvalue weighted by atomic mass is 10.0. The molecule has 0 atom stereocenters. The molecule has 25 heavy (non-hydrogen) atoms. The third kappa shape index (κ3) is 5.86. The standard InChI is InChI=1S/C16H15F3N2O3S/c17-16(18,19)7-5-10-3-1-2-4-11(10)14(22)20-8-6-13-21-12(9-25-13)15(23)24/h1-4,9H,5-8H2,(H,20,22)(H,23,24). The summed E-state index contributed by atoms with van der Waals surface area (Å²) in [5.41, 5.74) is 0.487. The van der Waals surface area contributed by atoms with E-state index in [1.165, 1.54) is 28.8 Å². The van der Waals surface area contributed by atoms with E-state index in [4.69, 9.17) is 5.11 Å². The molecule has 0 aliphatic heterocycles. The Balaban J connectivity index is 1.93. The number of rotatable bonds is 7. The summed E-state index contributed by atoms with van der Waals surface area (Å²) in [6.07, 6.45) is -5.19. The molecule has 0 fully saturated rings. The number of carbonyl (C=O) groups excluding carboxylic acids is 1. The maximum atomic E-state index is 12.4. The zero-order valence-corrected chi connectivity index (χ0v) is 13.8. The molecular formula is C16H15F3N2O3S. The van der Waals surface area contributed by atoms with Gasteiger partial charge in [-0.2, -0.15) is 13.2 Å². The summed E-state index contributed by atoms with van der Waals surface area (Å²) in [5.74, 6) is -1.59. The second-order valence-electron chi connectivity index (χ2n) is 5.21. The number of aromatic carboxylic acids is 1. The number of aryl methyl sites for hydroxylation is 1. The number of thiazole rings is 1. The molecule has 2 N–H and O–H groups in total. The fourth-order valence-electron chi connectivity index (χ4n) is 2.14. The number of alkyl halides is 3. The Labute approximate surface area is 145 Å². The molecule has 0 bridgehead atoms. The van der Waals surface area contributed by atoms with Crippen LogP contribution in [-0.4, -0.2) is 34.7 Å². The summed E-state index contributed by atoms with van der Waals surface area (Å²) in [6, 6.07) is 6.16. The van der Waals surface area contributed by atoms with E-state index in [1.807, 2.05) is 0 Å². The summed E-state index contributed by atoms with van der Waals surface area (Å²) >= 11 is 1.17. The molecule has 0 unspecified atom stereocenters. The van der Waals surface area contributed by atoms with E-state index >= 15 is 0 Å². The minimum atomic E-state index is -4.28. The molecule has 0 spiro atoms. The monoisotopic (exact) mass is 372 g/mol. The van der Waals surface area contributed by atoms with Crippen LogP contribution in [0, 0.1) is 0 Å². The number of carbonyl (C=O) groups is 2. The Morgan fingerprint density at radius 3 is 2.56 bits per heavy atom. The van der Waals surface area contributed by atoms with Crippen molar-refractivity contribution in [3.8, 4) is 0 Å². The van der Waals surface area contributed by atoms with Gasteiger partial charge in [-0.15, -0.1) is 11.3 Å². The molecule has 2 rings (SSSR count). The minimum absolute atomic E-state index is 0.0520. The summed E-state index contributed by atoms with van der Waals surface area (Å²) in [6.45, 7) is 0.207. The highest BCUT2D eigenvalue weighted by atomic mass is 32.1. The smallest absolute Gasteiger partial charge is 0.389 e. The molecule has 1 amide bonds. The van der Waals surface area contributed by atoms with Gasteiger partial charge < -0.3 is 10.4 Å².